The highest BCUT2D eigenvalue weighted by Crippen LogP contribution is 2.37. The first-order valence-corrected chi connectivity index (χ1v) is 10.4. The zero-order valence-electron chi connectivity index (χ0n) is 17.1. The van der Waals surface area contributed by atoms with Crippen LogP contribution < -0.4 is 10.1 Å². The minimum atomic E-state index is -0.252. The molecule has 31 heavy (non-hydrogen) atoms. The van der Waals surface area contributed by atoms with Gasteiger partial charge in [-0.05, 0) is 61.1 Å². The van der Waals surface area contributed by atoms with Crippen LogP contribution >= 0.6 is 23.8 Å². The molecular formula is C23H21ClN4O2S. The van der Waals surface area contributed by atoms with E-state index in [9.17, 15) is 0 Å². The van der Waals surface area contributed by atoms with Crippen molar-refractivity contribution in [1.82, 2.24) is 20.4 Å². The van der Waals surface area contributed by atoms with Crippen LogP contribution in [0.15, 0.2) is 71.4 Å². The molecule has 1 aromatic heterocycles. The molecule has 1 aliphatic heterocycles. The molecule has 2 aromatic carbocycles. The molecule has 1 unspecified atom stereocenters. The number of methoxy groups -OCH3 is 1. The molecule has 0 amide bonds. The Bertz CT molecular complexity index is 1140. The zero-order valence-corrected chi connectivity index (χ0v) is 18.7. The van der Waals surface area contributed by atoms with E-state index in [2.05, 4.69) is 22.0 Å². The third kappa shape index (κ3) is 4.19. The summed E-state index contributed by atoms with van der Waals surface area (Å²) in [5.41, 5.74) is 3.60. The molecule has 0 radical (unpaired) electrons. The zero-order chi connectivity index (χ0) is 22.0. The highest BCUT2D eigenvalue weighted by atomic mass is 35.5. The van der Waals surface area contributed by atoms with Crippen molar-refractivity contribution in [3.63, 3.8) is 0 Å². The standard InChI is InChI=1S/C23H21ClN4O2S/c1-4-13-28-14(2)19(20(25-23(28)31)15-7-11-18(29-3)12-8-15)22-26-21(27-30-22)16-5-9-17(24)10-6-16/h4-12,20H,1,13H2,2-3H3,(H,25,31). The molecule has 6 nitrogen and oxygen atoms in total. The average molecular weight is 453 g/mol. The van der Waals surface area contributed by atoms with Gasteiger partial charge >= 0.3 is 0 Å². The van der Waals surface area contributed by atoms with Crippen molar-refractivity contribution in [3.05, 3.63) is 83.4 Å². The number of hydrogen-bond acceptors (Lipinski definition) is 5. The van der Waals surface area contributed by atoms with E-state index in [1.165, 1.54) is 0 Å². The van der Waals surface area contributed by atoms with Gasteiger partial charge in [-0.1, -0.05) is 35.0 Å². The van der Waals surface area contributed by atoms with Crippen molar-refractivity contribution in [3.8, 4) is 17.1 Å². The number of rotatable bonds is 6. The van der Waals surface area contributed by atoms with Crippen LogP contribution in [0.25, 0.3) is 17.0 Å². The lowest BCUT2D eigenvalue weighted by Gasteiger charge is -2.36. The summed E-state index contributed by atoms with van der Waals surface area (Å²) in [5, 5.41) is 8.85. The van der Waals surface area contributed by atoms with Gasteiger partial charge in [-0.15, -0.1) is 6.58 Å². The molecule has 0 aliphatic carbocycles. The van der Waals surface area contributed by atoms with E-state index in [4.69, 9.17) is 33.1 Å². The molecule has 1 aliphatic rings. The molecule has 1 atom stereocenters. The largest absolute Gasteiger partial charge is 0.497 e. The Hall–Kier alpha value is -3.16. The third-order valence-corrected chi connectivity index (χ3v) is 5.71. The van der Waals surface area contributed by atoms with E-state index in [0.717, 1.165) is 28.1 Å². The normalized spacial score (nSPS) is 16.3. The third-order valence-electron chi connectivity index (χ3n) is 5.12. The summed E-state index contributed by atoms with van der Waals surface area (Å²) in [5.74, 6) is 1.69. The van der Waals surface area contributed by atoms with E-state index in [1.54, 1.807) is 25.3 Å². The fraction of sp³-hybridized carbons (Fsp3) is 0.174. The monoisotopic (exact) mass is 452 g/mol. The molecule has 158 valence electrons. The maximum Gasteiger partial charge on any atom is 0.258 e. The van der Waals surface area contributed by atoms with E-state index < -0.39 is 0 Å². The van der Waals surface area contributed by atoms with Gasteiger partial charge in [-0.3, -0.25) is 0 Å². The number of benzene rings is 2. The van der Waals surface area contributed by atoms with Gasteiger partial charge in [-0.2, -0.15) is 4.98 Å². The van der Waals surface area contributed by atoms with Gasteiger partial charge in [0.2, 0.25) is 5.82 Å². The van der Waals surface area contributed by atoms with E-state index in [-0.39, 0.29) is 6.04 Å². The van der Waals surface area contributed by atoms with E-state index >= 15 is 0 Å². The maximum atomic E-state index is 6.00. The van der Waals surface area contributed by atoms with Crippen molar-refractivity contribution in [2.24, 2.45) is 0 Å². The number of nitrogens with zero attached hydrogens (tertiary/aromatic N) is 3. The van der Waals surface area contributed by atoms with Crippen LogP contribution in [0.1, 0.15) is 24.4 Å². The summed E-state index contributed by atoms with van der Waals surface area (Å²) in [4.78, 5) is 6.64. The number of allylic oxidation sites excluding steroid dienone is 1. The first-order valence-electron chi connectivity index (χ1n) is 9.65. The molecule has 0 bridgehead atoms. The lowest BCUT2D eigenvalue weighted by atomic mass is 9.94. The fourth-order valence-corrected chi connectivity index (χ4v) is 3.96. The summed E-state index contributed by atoms with van der Waals surface area (Å²) < 4.78 is 11.0. The van der Waals surface area contributed by atoms with Gasteiger partial charge < -0.3 is 19.5 Å². The van der Waals surface area contributed by atoms with E-state index in [1.807, 2.05) is 48.2 Å². The number of halogens is 1. The molecule has 0 saturated heterocycles. The Morgan fingerprint density at radius 2 is 1.94 bits per heavy atom. The van der Waals surface area contributed by atoms with Crippen molar-refractivity contribution in [2.45, 2.75) is 13.0 Å². The first kappa shape index (κ1) is 21.1. The van der Waals surface area contributed by atoms with Crippen LogP contribution in [-0.4, -0.2) is 33.8 Å². The Balaban J connectivity index is 1.79. The Kier molecular flexibility index (Phi) is 6.06. The molecule has 4 rings (SSSR count). The molecule has 2 heterocycles. The summed E-state index contributed by atoms with van der Waals surface area (Å²) >= 11 is 11.6. The van der Waals surface area contributed by atoms with Gasteiger partial charge in [0.1, 0.15) is 5.75 Å². The SMILES string of the molecule is C=CCN1C(=S)NC(c2ccc(OC)cc2)C(c2nc(-c3ccc(Cl)cc3)no2)=C1C. The molecule has 0 saturated carbocycles. The number of ether oxygens (including phenoxy) is 1. The van der Waals surface area contributed by atoms with Crippen LogP contribution in [0.4, 0.5) is 0 Å². The Morgan fingerprint density at radius 3 is 2.58 bits per heavy atom. The quantitative estimate of drug-likeness (QED) is 0.405. The van der Waals surface area contributed by atoms with Crippen LogP contribution in [-0.2, 0) is 0 Å². The highest BCUT2D eigenvalue weighted by Gasteiger charge is 2.33. The molecule has 8 heteroatoms. The lowest BCUT2D eigenvalue weighted by molar-refractivity contribution is 0.399. The number of thiocarbonyl (C=S) groups is 1. The second kappa shape index (κ2) is 8.91. The minimum absolute atomic E-state index is 0.252. The highest BCUT2D eigenvalue weighted by molar-refractivity contribution is 7.80. The average Bonchev–Trinajstić information content (AvgIpc) is 3.26. The van der Waals surface area contributed by atoms with Crippen LogP contribution in [0.2, 0.25) is 5.02 Å². The Morgan fingerprint density at radius 1 is 1.23 bits per heavy atom. The molecule has 0 fully saturated rings. The van der Waals surface area contributed by atoms with Gasteiger partial charge in [-0.25, -0.2) is 0 Å². The van der Waals surface area contributed by atoms with Crippen LogP contribution in [0.5, 0.6) is 5.75 Å². The Labute approximate surface area is 191 Å². The summed E-state index contributed by atoms with van der Waals surface area (Å²) in [6, 6.07) is 14.9. The number of hydrogen-bond donors (Lipinski definition) is 1. The van der Waals surface area contributed by atoms with Crippen molar-refractivity contribution in [2.75, 3.05) is 13.7 Å². The van der Waals surface area contributed by atoms with Gasteiger partial charge in [0.15, 0.2) is 5.11 Å². The smallest absolute Gasteiger partial charge is 0.258 e. The predicted molar refractivity (Wildman–Crippen MR) is 126 cm³/mol. The molecular weight excluding hydrogens is 432 g/mol. The number of nitrogens with one attached hydrogen (secondary N) is 1. The van der Waals surface area contributed by atoms with Crippen LogP contribution in [0.3, 0.4) is 0 Å². The lowest BCUT2D eigenvalue weighted by Crippen LogP contribution is -2.45. The second-order valence-electron chi connectivity index (χ2n) is 6.98. The fourth-order valence-electron chi connectivity index (χ4n) is 3.50. The van der Waals surface area contributed by atoms with Crippen molar-refractivity contribution < 1.29 is 9.26 Å². The van der Waals surface area contributed by atoms with E-state index in [0.29, 0.717) is 28.4 Å². The number of aromatic nitrogens is 2. The summed E-state index contributed by atoms with van der Waals surface area (Å²) in [6.07, 6.45) is 1.80. The molecule has 0 spiro atoms. The van der Waals surface area contributed by atoms with Crippen molar-refractivity contribution in [1.29, 1.82) is 0 Å². The maximum absolute atomic E-state index is 6.00. The minimum Gasteiger partial charge on any atom is -0.497 e. The predicted octanol–water partition coefficient (Wildman–Crippen LogP) is 5.25. The second-order valence-corrected chi connectivity index (χ2v) is 7.81. The molecule has 1 N–H and O–H groups in total. The van der Waals surface area contributed by atoms with Crippen molar-refractivity contribution >= 4 is 34.5 Å². The summed E-state index contributed by atoms with van der Waals surface area (Å²) in [6.45, 7) is 6.40. The van der Waals surface area contributed by atoms with Crippen LogP contribution in [0, 0.1) is 0 Å². The van der Waals surface area contributed by atoms with Gasteiger partial charge in [0.05, 0.1) is 18.7 Å². The van der Waals surface area contributed by atoms with Gasteiger partial charge in [0.25, 0.3) is 5.89 Å². The molecule has 3 aromatic rings. The van der Waals surface area contributed by atoms with Gasteiger partial charge in [0, 0.05) is 22.8 Å². The summed E-state index contributed by atoms with van der Waals surface area (Å²) in [7, 11) is 1.64. The first-order chi connectivity index (χ1) is 15.0. The topological polar surface area (TPSA) is 63.4 Å².